The first-order chi connectivity index (χ1) is 10.1. The van der Waals surface area contributed by atoms with E-state index in [2.05, 4.69) is 15.3 Å². The number of rotatable bonds is 2. The highest BCUT2D eigenvalue weighted by molar-refractivity contribution is 7.79. The zero-order valence-electron chi connectivity index (χ0n) is 10.7. The quantitative estimate of drug-likeness (QED) is 0.722. The smallest absolute Gasteiger partial charge is 0.324 e. The van der Waals surface area contributed by atoms with Crippen molar-refractivity contribution >= 4 is 22.0 Å². The lowest BCUT2D eigenvalue weighted by atomic mass is 10.2. The van der Waals surface area contributed by atoms with Gasteiger partial charge in [0, 0.05) is 18.1 Å². The van der Waals surface area contributed by atoms with Gasteiger partial charge in [0.15, 0.2) is 0 Å². The molecule has 0 bridgehead atoms. The summed E-state index contributed by atoms with van der Waals surface area (Å²) in [5.41, 5.74) is -0.413. The van der Waals surface area contributed by atoms with Crippen LogP contribution in [0, 0.1) is 0 Å². The summed E-state index contributed by atoms with van der Waals surface area (Å²) < 4.78 is 68.9. The molecule has 1 aromatic carbocycles. The summed E-state index contributed by atoms with van der Waals surface area (Å²) in [7, 11) is -4.67. The molecule has 2 aromatic rings. The van der Waals surface area contributed by atoms with Crippen LogP contribution in [0.2, 0.25) is 0 Å². The number of nitrogens with zero attached hydrogens (tertiary/aromatic N) is 2. The van der Waals surface area contributed by atoms with Gasteiger partial charge in [-0.25, -0.2) is 9.97 Å². The van der Waals surface area contributed by atoms with E-state index in [9.17, 15) is 13.2 Å². The minimum Gasteiger partial charge on any atom is -0.324 e. The van der Waals surface area contributed by atoms with Gasteiger partial charge in [-0.2, -0.15) is 21.6 Å². The number of anilines is 2. The van der Waals surface area contributed by atoms with Gasteiger partial charge in [0.25, 0.3) is 0 Å². The van der Waals surface area contributed by atoms with E-state index in [0.29, 0.717) is 5.69 Å². The second-order valence-electron chi connectivity index (χ2n) is 3.72. The highest BCUT2D eigenvalue weighted by Crippen LogP contribution is 2.30. The molecule has 0 radical (unpaired) electrons. The zero-order valence-corrected chi connectivity index (χ0v) is 11.5. The van der Waals surface area contributed by atoms with Gasteiger partial charge in [0.05, 0.1) is 5.56 Å². The van der Waals surface area contributed by atoms with Crippen molar-refractivity contribution < 1.29 is 30.7 Å². The van der Waals surface area contributed by atoms with E-state index in [0.717, 1.165) is 12.1 Å². The summed E-state index contributed by atoms with van der Waals surface area (Å²) in [6.45, 7) is 0. The lowest BCUT2D eigenvalue weighted by molar-refractivity contribution is -0.137. The Balaban J connectivity index is 0.000000422. The number of hydrogen-bond donors (Lipinski definition) is 3. The zero-order chi connectivity index (χ0) is 16.8. The maximum absolute atomic E-state index is 12.4. The van der Waals surface area contributed by atoms with Gasteiger partial charge in [0.2, 0.25) is 5.95 Å². The number of nitrogens with one attached hydrogen (secondary N) is 1. The van der Waals surface area contributed by atoms with Gasteiger partial charge in [-0.1, -0.05) is 6.07 Å². The Hall–Kier alpha value is -2.24. The molecule has 0 fully saturated rings. The molecule has 2 rings (SSSR count). The summed E-state index contributed by atoms with van der Waals surface area (Å²) in [4.78, 5) is 7.72. The van der Waals surface area contributed by atoms with Crippen molar-refractivity contribution in [2.24, 2.45) is 0 Å². The van der Waals surface area contributed by atoms with Crippen molar-refractivity contribution in [1.29, 1.82) is 0 Å². The molecule has 0 amide bonds. The normalized spacial score (nSPS) is 11.3. The van der Waals surface area contributed by atoms with Gasteiger partial charge in [-0.15, -0.1) is 0 Å². The Labute approximate surface area is 123 Å². The first-order valence-electron chi connectivity index (χ1n) is 5.47. The van der Waals surface area contributed by atoms with Gasteiger partial charge in [0.1, 0.15) is 0 Å². The fourth-order valence-electron chi connectivity index (χ4n) is 1.27. The Morgan fingerprint density at radius 1 is 1.05 bits per heavy atom. The van der Waals surface area contributed by atoms with Crippen LogP contribution in [0.1, 0.15) is 5.56 Å². The Morgan fingerprint density at radius 2 is 1.59 bits per heavy atom. The summed E-state index contributed by atoms with van der Waals surface area (Å²) in [6.07, 6.45) is -1.35. The summed E-state index contributed by atoms with van der Waals surface area (Å²) >= 11 is 0. The Morgan fingerprint density at radius 3 is 2.09 bits per heavy atom. The molecule has 0 unspecified atom stereocenters. The van der Waals surface area contributed by atoms with Crippen molar-refractivity contribution in [3.05, 3.63) is 48.3 Å². The average molecular weight is 337 g/mol. The molecule has 0 aliphatic heterocycles. The summed E-state index contributed by atoms with van der Waals surface area (Å²) in [6, 6.07) is 6.49. The molecule has 0 saturated heterocycles. The molecule has 1 aromatic heterocycles. The third-order valence-corrected chi connectivity index (χ3v) is 2.01. The molecular weight excluding hydrogens is 327 g/mol. The van der Waals surface area contributed by atoms with Gasteiger partial charge in [-0.3, -0.25) is 9.11 Å². The number of hydrogen-bond acceptors (Lipinski definition) is 5. The largest absolute Gasteiger partial charge is 0.416 e. The number of benzene rings is 1. The third kappa shape index (κ3) is 7.52. The molecule has 0 aliphatic carbocycles. The maximum atomic E-state index is 12.4. The predicted octanol–water partition coefficient (Wildman–Crippen LogP) is 2.59. The lowest BCUT2D eigenvalue weighted by Crippen LogP contribution is -2.05. The number of halogens is 3. The predicted molar refractivity (Wildman–Crippen MR) is 70.9 cm³/mol. The van der Waals surface area contributed by atoms with E-state index in [4.69, 9.17) is 17.5 Å². The second-order valence-corrected chi connectivity index (χ2v) is 4.62. The standard InChI is InChI=1S/C11H8F3N3.H2O4S/c12-11(13,14)8-3-1-4-9(7-8)17-10-15-5-2-6-16-10;1-5(2,3)4/h1-7H,(H,15,16,17);(H2,1,2,3,4). The fraction of sp³-hybridized carbons (Fsp3) is 0.0909. The Kier molecular flexibility index (Phi) is 5.79. The highest BCUT2D eigenvalue weighted by atomic mass is 32.3. The van der Waals surface area contributed by atoms with Crippen LogP contribution in [0.25, 0.3) is 0 Å². The molecule has 7 nitrogen and oxygen atoms in total. The fourth-order valence-corrected chi connectivity index (χ4v) is 1.27. The number of alkyl halides is 3. The van der Waals surface area contributed by atoms with E-state index >= 15 is 0 Å². The monoisotopic (exact) mass is 337 g/mol. The second kappa shape index (κ2) is 7.15. The van der Waals surface area contributed by atoms with Gasteiger partial charge in [-0.05, 0) is 24.3 Å². The van der Waals surface area contributed by atoms with E-state index in [-0.39, 0.29) is 5.95 Å². The van der Waals surface area contributed by atoms with Crippen molar-refractivity contribution in [3.8, 4) is 0 Å². The molecular formula is C11H10F3N3O4S. The van der Waals surface area contributed by atoms with Crippen LogP contribution in [-0.4, -0.2) is 27.5 Å². The molecule has 0 spiro atoms. The molecule has 3 N–H and O–H groups in total. The number of aromatic nitrogens is 2. The minimum absolute atomic E-state index is 0.256. The van der Waals surface area contributed by atoms with E-state index in [1.165, 1.54) is 24.5 Å². The summed E-state index contributed by atoms with van der Waals surface area (Å²) in [5.74, 6) is 0.256. The van der Waals surface area contributed by atoms with Crippen LogP contribution < -0.4 is 5.32 Å². The van der Waals surface area contributed by atoms with Crippen LogP contribution in [-0.2, 0) is 16.6 Å². The van der Waals surface area contributed by atoms with E-state index < -0.39 is 22.1 Å². The van der Waals surface area contributed by atoms with Crippen LogP contribution >= 0.6 is 0 Å². The van der Waals surface area contributed by atoms with Crippen molar-refractivity contribution in [2.45, 2.75) is 6.18 Å². The topological polar surface area (TPSA) is 112 Å². The van der Waals surface area contributed by atoms with Crippen LogP contribution in [0.3, 0.4) is 0 Å². The van der Waals surface area contributed by atoms with Crippen LogP contribution in [0.15, 0.2) is 42.7 Å². The molecule has 0 atom stereocenters. The van der Waals surface area contributed by atoms with Gasteiger partial charge < -0.3 is 5.32 Å². The first kappa shape index (κ1) is 17.8. The summed E-state index contributed by atoms with van der Waals surface area (Å²) in [5, 5.41) is 2.69. The van der Waals surface area contributed by atoms with Gasteiger partial charge >= 0.3 is 16.6 Å². The SMILES string of the molecule is FC(F)(F)c1cccc(Nc2ncccn2)c1.O=S(=O)(O)O. The van der Waals surface area contributed by atoms with Crippen LogP contribution in [0.4, 0.5) is 24.8 Å². The molecule has 11 heteroatoms. The van der Waals surface area contributed by atoms with E-state index in [1.807, 2.05) is 0 Å². The molecule has 0 saturated carbocycles. The van der Waals surface area contributed by atoms with Crippen molar-refractivity contribution in [1.82, 2.24) is 9.97 Å². The lowest BCUT2D eigenvalue weighted by Gasteiger charge is -2.09. The maximum Gasteiger partial charge on any atom is 0.416 e. The average Bonchev–Trinajstić information content (AvgIpc) is 2.37. The van der Waals surface area contributed by atoms with E-state index in [1.54, 1.807) is 6.07 Å². The molecule has 0 aliphatic rings. The molecule has 22 heavy (non-hydrogen) atoms. The third-order valence-electron chi connectivity index (χ3n) is 2.01. The van der Waals surface area contributed by atoms with Crippen molar-refractivity contribution in [2.75, 3.05) is 5.32 Å². The van der Waals surface area contributed by atoms with Crippen LogP contribution in [0.5, 0.6) is 0 Å². The highest BCUT2D eigenvalue weighted by Gasteiger charge is 2.30. The van der Waals surface area contributed by atoms with Crippen molar-refractivity contribution in [3.63, 3.8) is 0 Å². The Bertz CT molecular complexity index is 700. The minimum atomic E-state index is -4.67. The first-order valence-corrected chi connectivity index (χ1v) is 6.86. The molecule has 1 heterocycles. The molecule has 120 valence electrons.